The van der Waals surface area contributed by atoms with Crippen LogP contribution in [0, 0.1) is 0 Å². The van der Waals surface area contributed by atoms with Gasteiger partial charge < -0.3 is 15.0 Å². The van der Waals surface area contributed by atoms with Gasteiger partial charge in [-0.3, -0.25) is 4.90 Å². The molecule has 0 spiro atoms. The molecule has 4 heteroatoms. The molecule has 2 aliphatic heterocycles. The lowest BCUT2D eigenvalue weighted by molar-refractivity contribution is 0.114. The SMILES string of the molecule is COC1CNC(CN2CCCC2CN(C)C)C1. The normalized spacial score (nSPS) is 34.9. The van der Waals surface area contributed by atoms with Gasteiger partial charge in [0, 0.05) is 38.8 Å². The minimum atomic E-state index is 0.426. The van der Waals surface area contributed by atoms with Gasteiger partial charge in [-0.25, -0.2) is 0 Å². The summed E-state index contributed by atoms with van der Waals surface area (Å²) in [6.07, 6.45) is 4.31. The summed E-state index contributed by atoms with van der Waals surface area (Å²) < 4.78 is 5.41. The molecule has 0 bridgehead atoms. The van der Waals surface area contributed by atoms with Crippen LogP contribution < -0.4 is 5.32 Å². The first kappa shape index (κ1) is 13.3. The van der Waals surface area contributed by atoms with Crippen molar-refractivity contribution in [1.29, 1.82) is 0 Å². The summed E-state index contributed by atoms with van der Waals surface area (Å²) >= 11 is 0. The molecule has 2 heterocycles. The zero-order valence-corrected chi connectivity index (χ0v) is 11.5. The second-order valence-electron chi connectivity index (χ2n) is 5.75. The molecule has 2 rings (SSSR count). The predicted molar refractivity (Wildman–Crippen MR) is 70.4 cm³/mol. The lowest BCUT2D eigenvalue weighted by atomic mass is 10.1. The van der Waals surface area contributed by atoms with Crippen LogP contribution in [0.25, 0.3) is 0 Å². The number of rotatable bonds is 5. The third kappa shape index (κ3) is 3.65. The van der Waals surface area contributed by atoms with E-state index in [4.69, 9.17) is 4.74 Å². The van der Waals surface area contributed by atoms with Crippen molar-refractivity contribution in [2.75, 3.05) is 47.4 Å². The summed E-state index contributed by atoms with van der Waals surface area (Å²) in [4.78, 5) is 4.97. The molecule has 4 nitrogen and oxygen atoms in total. The Balaban J connectivity index is 1.78. The van der Waals surface area contributed by atoms with Crippen molar-refractivity contribution >= 4 is 0 Å². The monoisotopic (exact) mass is 241 g/mol. The highest BCUT2D eigenvalue weighted by Gasteiger charge is 2.30. The molecule has 0 radical (unpaired) electrons. The number of ether oxygens (including phenoxy) is 1. The molecule has 2 fully saturated rings. The molecule has 0 saturated carbocycles. The van der Waals surface area contributed by atoms with E-state index in [-0.39, 0.29) is 0 Å². The maximum Gasteiger partial charge on any atom is 0.0711 e. The van der Waals surface area contributed by atoms with Crippen molar-refractivity contribution in [2.45, 2.75) is 37.5 Å². The highest BCUT2D eigenvalue weighted by Crippen LogP contribution is 2.20. The maximum absolute atomic E-state index is 5.41. The number of nitrogens with zero attached hydrogens (tertiary/aromatic N) is 2. The minimum absolute atomic E-state index is 0.426. The third-order valence-electron chi connectivity index (χ3n) is 4.04. The van der Waals surface area contributed by atoms with E-state index in [9.17, 15) is 0 Å². The van der Waals surface area contributed by atoms with Crippen LogP contribution in [0.1, 0.15) is 19.3 Å². The van der Waals surface area contributed by atoms with E-state index in [1.807, 2.05) is 7.11 Å². The van der Waals surface area contributed by atoms with Crippen molar-refractivity contribution in [2.24, 2.45) is 0 Å². The third-order valence-corrected chi connectivity index (χ3v) is 4.04. The molecule has 2 saturated heterocycles. The van der Waals surface area contributed by atoms with Gasteiger partial charge in [-0.05, 0) is 39.9 Å². The second kappa shape index (κ2) is 6.14. The average molecular weight is 241 g/mol. The lowest BCUT2D eigenvalue weighted by Crippen LogP contribution is -2.43. The number of likely N-dealkylation sites (N-methyl/N-ethyl adjacent to an activating group) is 1. The largest absolute Gasteiger partial charge is 0.380 e. The van der Waals surface area contributed by atoms with Crippen LogP contribution in [0.4, 0.5) is 0 Å². The van der Waals surface area contributed by atoms with Crippen LogP contribution in [-0.2, 0) is 4.74 Å². The highest BCUT2D eigenvalue weighted by molar-refractivity contribution is 4.89. The number of hydrogen-bond acceptors (Lipinski definition) is 4. The average Bonchev–Trinajstić information content (AvgIpc) is 2.89. The molecular weight excluding hydrogens is 214 g/mol. The maximum atomic E-state index is 5.41. The molecule has 0 amide bonds. The summed E-state index contributed by atoms with van der Waals surface area (Å²) in [5.74, 6) is 0. The van der Waals surface area contributed by atoms with E-state index >= 15 is 0 Å². The quantitative estimate of drug-likeness (QED) is 0.753. The molecular formula is C13H27N3O. The summed E-state index contributed by atoms with van der Waals surface area (Å²) in [5, 5.41) is 3.58. The molecule has 0 aromatic carbocycles. The Morgan fingerprint density at radius 2 is 2.24 bits per heavy atom. The molecule has 2 aliphatic rings. The van der Waals surface area contributed by atoms with Gasteiger partial charge in [0.2, 0.25) is 0 Å². The van der Waals surface area contributed by atoms with Gasteiger partial charge in [-0.2, -0.15) is 0 Å². The van der Waals surface area contributed by atoms with Crippen LogP contribution in [0.2, 0.25) is 0 Å². The van der Waals surface area contributed by atoms with E-state index in [0.717, 1.165) is 12.6 Å². The van der Waals surface area contributed by atoms with E-state index in [2.05, 4.69) is 29.2 Å². The van der Waals surface area contributed by atoms with Gasteiger partial charge in [0.25, 0.3) is 0 Å². The van der Waals surface area contributed by atoms with E-state index in [1.165, 1.54) is 38.9 Å². The molecule has 0 aromatic heterocycles. The molecule has 0 aliphatic carbocycles. The Kier molecular flexibility index (Phi) is 4.79. The summed E-state index contributed by atoms with van der Waals surface area (Å²) in [6, 6.07) is 1.39. The number of likely N-dealkylation sites (tertiary alicyclic amines) is 1. The van der Waals surface area contributed by atoms with E-state index < -0.39 is 0 Å². The number of methoxy groups -OCH3 is 1. The van der Waals surface area contributed by atoms with E-state index in [1.54, 1.807) is 0 Å². The Morgan fingerprint density at radius 1 is 1.41 bits per heavy atom. The molecule has 0 aromatic rings. The Labute approximate surface area is 105 Å². The standard InChI is InChI=1S/C13H27N3O/c1-15(2)10-12-5-4-6-16(12)9-11-7-13(17-3)8-14-11/h11-14H,4-10H2,1-3H3. The first-order valence-corrected chi connectivity index (χ1v) is 6.84. The first-order valence-electron chi connectivity index (χ1n) is 6.84. The van der Waals surface area contributed by atoms with Crippen molar-refractivity contribution in [3.63, 3.8) is 0 Å². The summed E-state index contributed by atoms with van der Waals surface area (Å²) in [7, 11) is 6.16. The van der Waals surface area contributed by atoms with Crippen LogP contribution in [0.3, 0.4) is 0 Å². The van der Waals surface area contributed by atoms with Crippen molar-refractivity contribution in [3.05, 3.63) is 0 Å². The van der Waals surface area contributed by atoms with Gasteiger partial charge in [-0.15, -0.1) is 0 Å². The van der Waals surface area contributed by atoms with Crippen LogP contribution in [0.15, 0.2) is 0 Å². The fourth-order valence-electron chi connectivity index (χ4n) is 3.15. The highest BCUT2D eigenvalue weighted by atomic mass is 16.5. The van der Waals surface area contributed by atoms with Crippen molar-refractivity contribution in [3.8, 4) is 0 Å². The van der Waals surface area contributed by atoms with Gasteiger partial charge in [0.15, 0.2) is 0 Å². The molecule has 1 N–H and O–H groups in total. The first-order chi connectivity index (χ1) is 8.19. The molecule has 3 unspecified atom stereocenters. The van der Waals surface area contributed by atoms with Gasteiger partial charge in [0.05, 0.1) is 6.10 Å². The Bertz CT molecular complexity index is 235. The molecule has 3 atom stereocenters. The number of hydrogen-bond donors (Lipinski definition) is 1. The number of nitrogens with one attached hydrogen (secondary N) is 1. The van der Waals surface area contributed by atoms with Gasteiger partial charge in [0.1, 0.15) is 0 Å². The van der Waals surface area contributed by atoms with Gasteiger partial charge in [-0.1, -0.05) is 0 Å². The van der Waals surface area contributed by atoms with Gasteiger partial charge >= 0.3 is 0 Å². The predicted octanol–water partition coefficient (Wildman–Crippen LogP) is 0.389. The topological polar surface area (TPSA) is 27.7 Å². The fourth-order valence-corrected chi connectivity index (χ4v) is 3.15. The van der Waals surface area contributed by atoms with Crippen LogP contribution in [-0.4, -0.2) is 75.4 Å². The van der Waals surface area contributed by atoms with Crippen LogP contribution >= 0.6 is 0 Å². The molecule has 17 heavy (non-hydrogen) atoms. The van der Waals surface area contributed by atoms with Crippen LogP contribution in [0.5, 0.6) is 0 Å². The second-order valence-corrected chi connectivity index (χ2v) is 5.75. The van der Waals surface area contributed by atoms with E-state index in [0.29, 0.717) is 12.1 Å². The fraction of sp³-hybridized carbons (Fsp3) is 1.00. The van der Waals surface area contributed by atoms with Crippen molar-refractivity contribution in [1.82, 2.24) is 15.1 Å². The smallest absolute Gasteiger partial charge is 0.0711 e. The lowest BCUT2D eigenvalue weighted by Gasteiger charge is -2.29. The summed E-state index contributed by atoms with van der Waals surface area (Å²) in [6.45, 7) is 4.68. The Morgan fingerprint density at radius 3 is 2.88 bits per heavy atom. The zero-order chi connectivity index (χ0) is 12.3. The van der Waals surface area contributed by atoms with Crippen molar-refractivity contribution < 1.29 is 4.74 Å². The zero-order valence-electron chi connectivity index (χ0n) is 11.5. The summed E-state index contributed by atoms with van der Waals surface area (Å²) in [5.41, 5.74) is 0. The molecule has 100 valence electrons. The minimum Gasteiger partial charge on any atom is -0.380 e. The Hall–Kier alpha value is -0.160.